The first kappa shape index (κ1) is 13.5. The van der Waals surface area contributed by atoms with Gasteiger partial charge in [0, 0.05) is 26.2 Å². The molecule has 0 aliphatic carbocycles. The SMILES string of the molecule is CCN=c1n(CC)c(=O)n(CC)c(=O)n1CC. The molecule has 0 aliphatic rings. The fourth-order valence-corrected chi connectivity index (χ4v) is 1.83. The van der Waals surface area contributed by atoms with Crippen molar-refractivity contribution in [2.45, 2.75) is 47.3 Å². The Kier molecular flexibility index (Phi) is 4.48. The van der Waals surface area contributed by atoms with E-state index in [4.69, 9.17) is 0 Å². The van der Waals surface area contributed by atoms with Crippen LogP contribution in [0.4, 0.5) is 0 Å². The molecule has 0 N–H and O–H groups in total. The minimum Gasteiger partial charge on any atom is -0.264 e. The van der Waals surface area contributed by atoms with Gasteiger partial charge in [0.15, 0.2) is 0 Å². The molecule has 0 saturated carbocycles. The van der Waals surface area contributed by atoms with Crippen LogP contribution in [0.25, 0.3) is 0 Å². The maximum Gasteiger partial charge on any atom is 0.334 e. The molecule has 6 heteroatoms. The highest BCUT2D eigenvalue weighted by molar-refractivity contribution is 4.77. The highest BCUT2D eigenvalue weighted by atomic mass is 16.2. The summed E-state index contributed by atoms with van der Waals surface area (Å²) in [7, 11) is 0. The van der Waals surface area contributed by atoms with E-state index in [-0.39, 0.29) is 11.4 Å². The normalized spacial score (nSPS) is 10.6. The summed E-state index contributed by atoms with van der Waals surface area (Å²) in [5.41, 5.74) is -0.0917. The zero-order valence-corrected chi connectivity index (χ0v) is 10.9. The molecule has 1 heterocycles. The van der Waals surface area contributed by atoms with Crippen LogP contribution in [0.2, 0.25) is 0 Å². The van der Waals surface area contributed by atoms with E-state index in [0.29, 0.717) is 31.8 Å². The third-order valence-electron chi connectivity index (χ3n) is 2.65. The highest BCUT2D eigenvalue weighted by Gasteiger charge is 2.10. The average Bonchev–Trinajstić information content (AvgIpc) is 2.31. The molecule has 0 bridgehead atoms. The number of hydrogen-bond acceptors (Lipinski definition) is 3. The van der Waals surface area contributed by atoms with Crippen molar-refractivity contribution < 1.29 is 0 Å². The summed E-state index contributed by atoms with van der Waals surface area (Å²) in [5.74, 6) is 0. The predicted molar refractivity (Wildman–Crippen MR) is 66.1 cm³/mol. The van der Waals surface area contributed by atoms with E-state index in [0.717, 1.165) is 0 Å². The summed E-state index contributed by atoms with van der Waals surface area (Å²) in [6.45, 7) is 9.38. The first-order valence-corrected chi connectivity index (χ1v) is 6.07. The summed E-state index contributed by atoms with van der Waals surface area (Å²) in [6.07, 6.45) is 0. The van der Waals surface area contributed by atoms with E-state index >= 15 is 0 Å². The minimum absolute atomic E-state index is 0.281. The molecule has 0 saturated heterocycles. The van der Waals surface area contributed by atoms with Gasteiger partial charge in [-0.25, -0.2) is 14.2 Å². The molecule has 17 heavy (non-hydrogen) atoms. The van der Waals surface area contributed by atoms with Crippen LogP contribution in [0.5, 0.6) is 0 Å². The molecule has 1 aromatic rings. The Labute approximate surface area is 99.9 Å². The number of nitrogens with zero attached hydrogens (tertiary/aromatic N) is 4. The summed E-state index contributed by atoms with van der Waals surface area (Å²) in [5, 5.41) is 0. The van der Waals surface area contributed by atoms with Gasteiger partial charge in [0.25, 0.3) is 0 Å². The molecule has 6 nitrogen and oxygen atoms in total. The van der Waals surface area contributed by atoms with Crippen LogP contribution in [0, 0.1) is 0 Å². The Morgan fingerprint density at radius 3 is 1.53 bits per heavy atom. The molecule has 0 radical (unpaired) electrons. The van der Waals surface area contributed by atoms with Gasteiger partial charge < -0.3 is 0 Å². The lowest BCUT2D eigenvalue weighted by Crippen LogP contribution is -2.54. The third kappa shape index (κ3) is 2.25. The second-order valence-corrected chi connectivity index (χ2v) is 3.57. The van der Waals surface area contributed by atoms with Gasteiger partial charge in [-0.3, -0.25) is 14.1 Å². The van der Waals surface area contributed by atoms with Gasteiger partial charge >= 0.3 is 11.4 Å². The lowest BCUT2D eigenvalue weighted by Gasteiger charge is -2.12. The second-order valence-electron chi connectivity index (χ2n) is 3.57. The Bertz CT molecular complexity index is 520. The molecule has 0 fully saturated rings. The van der Waals surface area contributed by atoms with Crippen molar-refractivity contribution in [3.63, 3.8) is 0 Å². The van der Waals surface area contributed by atoms with Crippen molar-refractivity contribution in [3.05, 3.63) is 26.6 Å². The van der Waals surface area contributed by atoms with E-state index in [9.17, 15) is 9.59 Å². The fraction of sp³-hybridized carbons (Fsp3) is 0.727. The maximum atomic E-state index is 12.1. The second kappa shape index (κ2) is 5.65. The van der Waals surface area contributed by atoms with Gasteiger partial charge in [0.05, 0.1) is 0 Å². The first-order valence-electron chi connectivity index (χ1n) is 6.07. The molecule has 0 unspecified atom stereocenters. The predicted octanol–water partition coefficient (Wildman–Crippen LogP) is -0.208. The van der Waals surface area contributed by atoms with Crippen molar-refractivity contribution in [1.82, 2.24) is 13.7 Å². The lowest BCUT2D eigenvalue weighted by molar-refractivity contribution is 0.459. The minimum atomic E-state index is -0.281. The van der Waals surface area contributed by atoms with Crippen molar-refractivity contribution in [2.24, 2.45) is 4.99 Å². The molecule has 0 aromatic carbocycles. The summed E-state index contributed by atoms with van der Waals surface area (Å²) in [6, 6.07) is 0. The Hall–Kier alpha value is -1.59. The molecular weight excluding hydrogens is 220 g/mol. The van der Waals surface area contributed by atoms with Crippen molar-refractivity contribution >= 4 is 0 Å². The van der Waals surface area contributed by atoms with Gasteiger partial charge in [-0.1, -0.05) is 0 Å². The van der Waals surface area contributed by atoms with Crippen LogP contribution >= 0.6 is 0 Å². The van der Waals surface area contributed by atoms with Gasteiger partial charge in [-0.05, 0) is 27.7 Å². The summed E-state index contributed by atoms with van der Waals surface area (Å²) in [4.78, 5) is 28.4. The smallest absolute Gasteiger partial charge is 0.264 e. The molecule has 96 valence electrons. The zero-order chi connectivity index (χ0) is 13.0. The van der Waals surface area contributed by atoms with Crippen LogP contribution in [-0.4, -0.2) is 20.2 Å². The van der Waals surface area contributed by atoms with Gasteiger partial charge in [-0.2, -0.15) is 0 Å². The third-order valence-corrected chi connectivity index (χ3v) is 2.65. The summed E-state index contributed by atoms with van der Waals surface area (Å²) < 4.78 is 4.32. The Morgan fingerprint density at radius 2 is 1.24 bits per heavy atom. The van der Waals surface area contributed by atoms with Gasteiger partial charge in [0.2, 0.25) is 5.62 Å². The summed E-state index contributed by atoms with van der Waals surface area (Å²) >= 11 is 0. The van der Waals surface area contributed by atoms with Gasteiger partial charge in [0.1, 0.15) is 0 Å². The molecule has 0 aliphatic heterocycles. The molecule has 0 spiro atoms. The van der Waals surface area contributed by atoms with E-state index in [1.807, 2.05) is 20.8 Å². The molecular formula is C11H20N4O2. The topological polar surface area (TPSA) is 61.3 Å². The largest absolute Gasteiger partial charge is 0.334 e. The van der Waals surface area contributed by atoms with E-state index in [1.54, 1.807) is 6.92 Å². The number of hydrogen-bond donors (Lipinski definition) is 0. The van der Waals surface area contributed by atoms with Crippen molar-refractivity contribution in [2.75, 3.05) is 6.54 Å². The van der Waals surface area contributed by atoms with Crippen LogP contribution in [0.15, 0.2) is 14.6 Å². The molecule has 1 aromatic heterocycles. The monoisotopic (exact) mass is 240 g/mol. The standard InChI is InChI=1S/C11H20N4O2/c1-5-12-9-13(6-2)10(16)15(8-4)11(17)14(9)7-3/h5-8H2,1-4H3. The molecule has 1 rings (SSSR count). The highest BCUT2D eigenvalue weighted by Crippen LogP contribution is 1.77. The van der Waals surface area contributed by atoms with E-state index in [2.05, 4.69) is 4.99 Å². The maximum absolute atomic E-state index is 12.1. The van der Waals surface area contributed by atoms with Gasteiger partial charge in [-0.15, -0.1) is 0 Å². The number of rotatable bonds is 4. The Balaban J connectivity index is 3.89. The molecule has 0 atom stereocenters. The van der Waals surface area contributed by atoms with Crippen LogP contribution < -0.4 is 17.0 Å². The van der Waals surface area contributed by atoms with Crippen molar-refractivity contribution in [1.29, 1.82) is 0 Å². The average molecular weight is 240 g/mol. The van der Waals surface area contributed by atoms with E-state index < -0.39 is 0 Å². The van der Waals surface area contributed by atoms with Crippen LogP contribution in [0.3, 0.4) is 0 Å². The molecule has 0 amide bonds. The van der Waals surface area contributed by atoms with E-state index in [1.165, 1.54) is 13.7 Å². The van der Waals surface area contributed by atoms with Crippen molar-refractivity contribution in [3.8, 4) is 0 Å². The van der Waals surface area contributed by atoms with Crippen LogP contribution in [0.1, 0.15) is 27.7 Å². The number of aromatic nitrogens is 3. The Morgan fingerprint density at radius 1 is 0.824 bits per heavy atom. The fourth-order valence-electron chi connectivity index (χ4n) is 1.83. The van der Waals surface area contributed by atoms with Crippen LogP contribution in [-0.2, 0) is 19.6 Å². The zero-order valence-electron chi connectivity index (χ0n) is 10.9. The quantitative estimate of drug-likeness (QED) is 0.731. The first-order chi connectivity index (χ1) is 8.12. The lowest BCUT2D eigenvalue weighted by atomic mass is 10.6.